The molecule has 4 heterocycles. The lowest BCUT2D eigenvalue weighted by Gasteiger charge is -2.52. The van der Waals surface area contributed by atoms with Crippen LogP contribution in [0.5, 0.6) is 0 Å². The summed E-state index contributed by atoms with van der Waals surface area (Å²) in [4.78, 5) is 22.9. The van der Waals surface area contributed by atoms with Crippen molar-refractivity contribution < 1.29 is 13.9 Å². The lowest BCUT2D eigenvalue weighted by molar-refractivity contribution is 0.00385. The number of halogens is 1. The van der Waals surface area contributed by atoms with Crippen molar-refractivity contribution in [1.82, 2.24) is 24.6 Å². The number of hydrogen-bond acceptors (Lipinski definition) is 6. The molecule has 3 aliphatic rings. The Hall–Kier alpha value is -2.68. The van der Waals surface area contributed by atoms with Gasteiger partial charge in [-0.25, -0.2) is 9.78 Å². The number of ether oxygens (including phenoxy) is 1. The summed E-state index contributed by atoms with van der Waals surface area (Å²) in [6.45, 7) is 7.43. The maximum absolute atomic E-state index is 14.0. The van der Waals surface area contributed by atoms with Gasteiger partial charge in [-0.3, -0.25) is 9.58 Å². The molecular formula is C23H31FN6O2. The Morgan fingerprint density at radius 2 is 2.00 bits per heavy atom. The highest BCUT2D eigenvalue weighted by atomic mass is 19.1. The molecule has 1 amide bonds. The molecule has 0 unspecified atom stereocenters. The van der Waals surface area contributed by atoms with E-state index < -0.39 is 5.95 Å². The molecule has 2 aromatic heterocycles. The fourth-order valence-electron chi connectivity index (χ4n) is 5.59. The van der Waals surface area contributed by atoms with E-state index in [9.17, 15) is 9.18 Å². The predicted octanol–water partition coefficient (Wildman–Crippen LogP) is 2.75. The first-order valence-corrected chi connectivity index (χ1v) is 11.5. The molecule has 0 atom stereocenters. The summed E-state index contributed by atoms with van der Waals surface area (Å²) in [5.41, 5.74) is 2.14. The average molecular weight is 443 g/mol. The second kappa shape index (κ2) is 8.35. The van der Waals surface area contributed by atoms with Gasteiger partial charge in [-0.2, -0.15) is 9.49 Å². The smallest absolute Gasteiger partial charge is 0.409 e. The van der Waals surface area contributed by atoms with E-state index in [1.54, 1.807) is 16.9 Å². The van der Waals surface area contributed by atoms with Crippen LogP contribution in [0, 0.1) is 11.4 Å². The third-order valence-corrected chi connectivity index (χ3v) is 7.29. The minimum absolute atomic E-state index is 0.173. The lowest BCUT2D eigenvalue weighted by Crippen LogP contribution is -2.58. The lowest BCUT2D eigenvalue weighted by atomic mass is 9.64. The molecule has 0 N–H and O–H groups in total. The first-order chi connectivity index (χ1) is 15.5. The van der Waals surface area contributed by atoms with E-state index in [0.717, 1.165) is 69.7 Å². The van der Waals surface area contributed by atoms with Crippen LogP contribution < -0.4 is 4.90 Å². The van der Waals surface area contributed by atoms with E-state index in [1.807, 2.05) is 25.1 Å². The average Bonchev–Trinajstić information content (AvgIpc) is 3.40. The Morgan fingerprint density at radius 3 is 2.69 bits per heavy atom. The number of rotatable bonds is 4. The molecule has 9 heteroatoms. The Kier molecular flexibility index (Phi) is 5.53. The zero-order valence-corrected chi connectivity index (χ0v) is 18.8. The van der Waals surface area contributed by atoms with Crippen LogP contribution in [-0.2, 0) is 11.8 Å². The number of hydrogen-bond donors (Lipinski definition) is 0. The van der Waals surface area contributed by atoms with Crippen molar-refractivity contribution in [2.75, 3.05) is 50.8 Å². The van der Waals surface area contributed by atoms with Gasteiger partial charge >= 0.3 is 6.09 Å². The van der Waals surface area contributed by atoms with E-state index in [0.29, 0.717) is 18.5 Å². The summed E-state index contributed by atoms with van der Waals surface area (Å²) >= 11 is 0. The van der Waals surface area contributed by atoms with Gasteiger partial charge in [-0.1, -0.05) is 0 Å². The predicted molar refractivity (Wildman–Crippen MR) is 119 cm³/mol. The molecule has 2 aliphatic heterocycles. The topological polar surface area (TPSA) is 66.7 Å². The van der Waals surface area contributed by atoms with E-state index in [-0.39, 0.29) is 11.5 Å². The number of anilines is 1. The van der Waals surface area contributed by atoms with E-state index >= 15 is 0 Å². The zero-order valence-electron chi connectivity index (χ0n) is 18.8. The van der Waals surface area contributed by atoms with E-state index in [4.69, 9.17) is 4.74 Å². The monoisotopic (exact) mass is 442 g/mol. The molecule has 2 saturated heterocycles. The number of aromatic nitrogens is 3. The van der Waals surface area contributed by atoms with Crippen LogP contribution in [0.3, 0.4) is 0 Å². The van der Waals surface area contributed by atoms with Crippen molar-refractivity contribution in [2.24, 2.45) is 12.5 Å². The number of aryl methyl sites for hydroxylation is 1. The van der Waals surface area contributed by atoms with Gasteiger partial charge in [-0.15, -0.1) is 0 Å². The van der Waals surface area contributed by atoms with Crippen LogP contribution in [0.25, 0.3) is 11.1 Å². The Balaban J connectivity index is 1.19. The number of likely N-dealkylation sites (tertiary alicyclic amines) is 1. The van der Waals surface area contributed by atoms with Crippen molar-refractivity contribution in [3.8, 4) is 11.1 Å². The molecule has 0 aromatic carbocycles. The van der Waals surface area contributed by atoms with Gasteiger partial charge in [0.15, 0.2) is 0 Å². The van der Waals surface area contributed by atoms with Gasteiger partial charge in [0.05, 0.1) is 12.8 Å². The molecule has 1 spiro atoms. The summed E-state index contributed by atoms with van der Waals surface area (Å²) < 4.78 is 20.9. The van der Waals surface area contributed by atoms with Crippen molar-refractivity contribution in [3.63, 3.8) is 0 Å². The molecule has 2 aromatic rings. The Labute approximate surface area is 187 Å². The Morgan fingerprint density at radius 1 is 1.22 bits per heavy atom. The van der Waals surface area contributed by atoms with Crippen molar-refractivity contribution >= 4 is 11.9 Å². The standard InChI is InChI=1S/C23H31FN6O2/c1-3-32-22(31)30-7-6-23(16-30)12-18(13-23)28-8-10-29(11-9-28)21-19(4-5-20(24)26-21)17-14-25-27(2)15-17/h4-5,14-15,18H,3,6-13,16H2,1-2H3/t18-,23-. The highest BCUT2D eigenvalue weighted by Crippen LogP contribution is 2.50. The molecule has 32 heavy (non-hydrogen) atoms. The highest BCUT2D eigenvalue weighted by molar-refractivity contribution is 5.75. The molecule has 1 aliphatic carbocycles. The minimum atomic E-state index is -0.455. The summed E-state index contributed by atoms with van der Waals surface area (Å²) in [6.07, 6.45) is 6.91. The molecule has 8 nitrogen and oxygen atoms in total. The zero-order chi connectivity index (χ0) is 22.3. The summed E-state index contributed by atoms with van der Waals surface area (Å²) in [6, 6.07) is 3.78. The number of nitrogens with zero attached hydrogens (tertiary/aromatic N) is 6. The number of carbonyl (C=O) groups is 1. The fraction of sp³-hybridized carbons (Fsp3) is 0.609. The second-order valence-corrected chi connectivity index (χ2v) is 9.36. The number of pyridine rings is 1. The summed E-state index contributed by atoms with van der Waals surface area (Å²) in [7, 11) is 1.88. The molecule has 0 radical (unpaired) electrons. The molecule has 3 fully saturated rings. The molecule has 0 bridgehead atoms. The maximum atomic E-state index is 14.0. The van der Waals surface area contributed by atoms with Gasteiger partial charge in [0.1, 0.15) is 5.82 Å². The second-order valence-electron chi connectivity index (χ2n) is 9.36. The van der Waals surface area contributed by atoms with Crippen LogP contribution in [0.2, 0.25) is 0 Å². The number of amides is 1. The van der Waals surface area contributed by atoms with Crippen LogP contribution in [0.15, 0.2) is 24.5 Å². The minimum Gasteiger partial charge on any atom is -0.450 e. The van der Waals surface area contributed by atoms with Crippen LogP contribution in [0.1, 0.15) is 26.2 Å². The highest BCUT2D eigenvalue weighted by Gasteiger charge is 2.51. The summed E-state index contributed by atoms with van der Waals surface area (Å²) in [5.74, 6) is 0.243. The van der Waals surface area contributed by atoms with Gasteiger partial charge in [-0.05, 0) is 43.7 Å². The number of piperazine rings is 1. The summed E-state index contributed by atoms with van der Waals surface area (Å²) in [5, 5.41) is 4.25. The quantitative estimate of drug-likeness (QED) is 0.679. The maximum Gasteiger partial charge on any atom is 0.409 e. The molecule has 1 saturated carbocycles. The van der Waals surface area contributed by atoms with Crippen LogP contribution in [-0.4, -0.2) is 82.6 Å². The first kappa shape index (κ1) is 21.2. The van der Waals surface area contributed by atoms with Crippen LogP contribution in [0.4, 0.5) is 15.0 Å². The van der Waals surface area contributed by atoms with Crippen LogP contribution >= 0.6 is 0 Å². The van der Waals surface area contributed by atoms with Crippen molar-refractivity contribution in [1.29, 1.82) is 0 Å². The SMILES string of the molecule is CCOC(=O)N1CC[C@]2(C1)C[C@H](N1CCN(c3nc(F)ccc3-c3cnn(C)c3)CC1)C2. The third kappa shape index (κ3) is 3.94. The molecular weight excluding hydrogens is 411 g/mol. The van der Waals surface area contributed by atoms with E-state index in [2.05, 4.69) is 19.9 Å². The first-order valence-electron chi connectivity index (χ1n) is 11.5. The van der Waals surface area contributed by atoms with Gasteiger partial charge in [0, 0.05) is 69.7 Å². The Bertz CT molecular complexity index is 981. The van der Waals surface area contributed by atoms with Gasteiger partial charge in [0.2, 0.25) is 5.95 Å². The van der Waals surface area contributed by atoms with Gasteiger partial charge in [0.25, 0.3) is 0 Å². The molecule has 172 valence electrons. The fourth-order valence-corrected chi connectivity index (χ4v) is 5.59. The number of carbonyl (C=O) groups excluding carboxylic acids is 1. The third-order valence-electron chi connectivity index (χ3n) is 7.29. The van der Waals surface area contributed by atoms with Gasteiger partial charge < -0.3 is 14.5 Å². The van der Waals surface area contributed by atoms with Crippen molar-refractivity contribution in [3.05, 3.63) is 30.5 Å². The normalized spacial score (nSPS) is 25.9. The van der Waals surface area contributed by atoms with E-state index in [1.165, 1.54) is 6.07 Å². The molecule has 5 rings (SSSR count). The largest absolute Gasteiger partial charge is 0.450 e. The van der Waals surface area contributed by atoms with Crippen molar-refractivity contribution in [2.45, 2.75) is 32.2 Å².